The molecule has 0 saturated carbocycles. The fourth-order valence-electron chi connectivity index (χ4n) is 3.20. The van der Waals surface area contributed by atoms with Gasteiger partial charge in [-0.05, 0) is 37.7 Å². The number of thioether (sulfide) groups is 1. The molecule has 2 aromatic rings. The molecule has 0 spiro atoms. The molecule has 140 valence electrons. The molecule has 3 rings (SSSR count). The molecule has 2 heterocycles. The summed E-state index contributed by atoms with van der Waals surface area (Å²) in [5.74, 6) is 0.247. The Balaban J connectivity index is 2.02. The van der Waals surface area contributed by atoms with Gasteiger partial charge in [-0.1, -0.05) is 31.7 Å². The van der Waals surface area contributed by atoms with Crippen molar-refractivity contribution in [1.82, 2.24) is 14.9 Å². The molecule has 0 radical (unpaired) electrons. The third-order valence-electron chi connectivity index (χ3n) is 4.41. The van der Waals surface area contributed by atoms with Crippen LogP contribution >= 0.6 is 23.1 Å². The quantitative estimate of drug-likeness (QED) is 0.446. The molecule has 1 amide bonds. The summed E-state index contributed by atoms with van der Waals surface area (Å²) in [5, 5.41) is 3.91. The number of nitrogens with one attached hydrogen (secondary N) is 1. The standard InChI is InChI=1S/C19H25N3O2S2/c1-5-9-20-16(23)12(4)25-19-21-17-15(13-7-6-8-14(13)26-17)18(24)22(19)10-11(2)3/h5,11-12H,1,6-10H2,2-4H3,(H,20,23)/t12-/m0/s1. The first kappa shape index (κ1) is 19.2. The van der Waals surface area contributed by atoms with Gasteiger partial charge in [0.2, 0.25) is 5.91 Å². The van der Waals surface area contributed by atoms with E-state index in [2.05, 4.69) is 25.7 Å². The minimum atomic E-state index is -0.329. The molecule has 0 bridgehead atoms. The second-order valence-electron chi connectivity index (χ2n) is 7.04. The summed E-state index contributed by atoms with van der Waals surface area (Å²) in [7, 11) is 0. The van der Waals surface area contributed by atoms with E-state index in [4.69, 9.17) is 4.98 Å². The molecule has 0 fully saturated rings. The summed E-state index contributed by atoms with van der Waals surface area (Å²) in [6.07, 6.45) is 4.79. The zero-order valence-electron chi connectivity index (χ0n) is 15.5. The van der Waals surface area contributed by atoms with E-state index in [0.29, 0.717) is 24.2 Å². The normalized spacial score (nSPS) is 14.6. The van der Waals surface area contributed by atoms with E-state index in [1.165, 1.54) is 22.2 Å². The van der Waals surface area contributed by atoms with Gasteiger partial charge in [-0.25, -0.2) is 4.98 Å². The van der Waals surface area contributed by atoms with E-state index >= 15 is 0 Å². The number of thiophene rings is 1. The van der Waals surface area contributed by atoms with E-state index in [-0.39, 0.29) is 16.7 Å². The number of aryl methyl sites for hydroxylation is 2. The van der Waals surface area contributed by atoms with Gasteiger partial charge >= 0.3 is 0 Å². The van der Waals surface area contributed by atoms with Crippen molar-refractivity contribution < 1.29 is 4.79 Å². The fourth-order valence-corrected chi connectivity index (χ4v) is 5.45. The predicted octanol–water partition coefficient (Wildman–Crippen LogP) is 3.39. The number of hydrogen-bond acceptors (Lipinski definition) is 5. The van der Waals surface area contributed by atoms with Crippen LogP contribution in [0.3, 0.4) is 0 Å². The molecule has 1 aliphatic rings. The first-order valence-electron chi connectivity index (χ1n) is 9.02. The van der Waals surface area contributed by atoms with Crippen molar-refractivity contribution >= 4 is 39.2 Å². The molecular formula is C19H25N3O2S2. The molecule has 1 N–H and O–H groups in total. The molecule has 2 aromatic heterocycles. The predicted molar refractivity (Wildman–Crippen MR) is 109 cm³/mol. The van der Waals surface area contributed by atoms with Crippen LogP contribution in [0.5, 0.6) is 0 Å². The molecule has 0 aromatic carbocycles. The average Bonchev–Trinajstić information content (AvgIpc) is 3.16. The first-order valence-corrected chi connectivity index (χ1v) is 10.7. The van der Waals surface area contributed by atoms with E-state index in [1.807, 2.05) is 6.92 Å². The van der Waals surface area contributed by atoms with Crippen molar-refractivity contribution in [2.75, 3.05) is 6.54 Å². The maximum atomic E-state index is 13.2. The fraction of sp³-hybridized carbons (Fsp3) is 0.526. The zero-order chi connectivity index (χ0) is 18.8. The zero-order valence-corrected chi connectivity index (χ0v) is 17.1. The number of hydrogen-bond donors (Lipinski definition) is 1. The van der Waals surface area contributed by atoms with Crippen molar-refractivity contribution in [3.8, 4) is 0 Å². The summed E-state index contributed by atoms with van der Waals surface area (Å²) in [4.78, 5) is 32.4. The van der Waals surface area contributed by atoms with Gasteiger partial charge in [-0.2, -0.15) is 0 Å². The third kappa shape index (κ3) is 3.74. The van der Waals surface area contributed by atoms with Gasteiger partial charge in [0, 0.05) is 18.0 Å². The second kappa shape index (κ2) is 7.96. The minimum Gasteiger partial charge on any atom is -0.352 e. The maximum absolute atomic E-state index is 13.2. The summed E-state index contributed by atoms with van der Waals surface area (Å²) < 4.78 is 1.76. The lowest BCUT2D eigenvalue weighted by molar-refractivity contribution is -0.120. The van der Waals surface area contributed by atoms with Gasteiger partial charge in [0.15, 0.2) is 5.16 Å². The molecule has 1 atom stereocenters. The third-order valence-corrected chi connectivity index (χ3v) is 6.69. The van der Waals surface area contributed by atoms with Crippen LogP contribution in [-0.2, 0) is 24.2 Å². The number of fused-ring (bicyclic) bond motifs is 3. The number of carbonyl (C=O) groups excluding carboxylic acids is 1. The topological polar surface area (TPSA) is 64.0 Å². The van der Waals surface area contributed by atoms with Gasteiger partial charge in [-0.3, -0.25) is 14.2 Å². The van der Waals surface area contributed by atoms with Crippen molar-refractivity contribution in [3.63, 3.8) is 0 Å². The van der Waals surface area contributed by atoms with Crippen LogP contribution in [0.4, 0.5) is 0 Å². The number of amides is 1. The number of rotatable bonds is 7. The van der Waals surface area contributed by atoms with E-state index in [1.54, 1.807) is 22.0 Å². The highest BCUT2D eigenvalue weighted by Gasteiger charge is 2.25. The Hall–Kier alpha value is -1.60. The Morgan fingerprint density at radius 3 is 2.88 bits per heavy atom. The average molecular weight is 392 g/mol. The SMILES string of the molecule is C=CCNC(=O)[C@H](C)Sc1nc2sc3c(c2c(=O)n1CC(C)C)CCC3. The lowest BCUT2D eigenvalue weighted by Crippen LogP contribution is -2.32. The minimum absolute atomic E-state index is 0.0456. The Labute approximate surface area is 161 Å². The highest BCUT2D eigenvalue weighted by molar-refractivity contribution is 8.00. The van der Waals surface area contributed by atoms with Crippen LogP contribution in [0, 0.1) is 5.92 Å². The molecule has 7 heteroatoms. The Morgan fingerprint density at radius 2 is 2.19 bits per heavy atom. The molecule has 0 unspecified atom stereocenters. The molecular weight excluding hydrogens is 366 g/mol. The highest BCUT2D eigenvalue weighted by Crippen LogP contribution is 2.36. The first-order chi connectivity index (χ1) is 12.4. The summed E-state index contributed by atoms with van der Waals surface area (Å²) in [5.41, 5.74) is 1.25. The second-order valence-corrected chi connectivity index (χ2v) is 9.43. The number of aromatic nitrogens is 2. The largest absolute Gasteiger partial charge is 0.352 e. The van der Waals surface area contributed by atoms with Crippen LogP contribution in [-0.4, -0.2) is 27.3 Å². The van der Waals surface area contributed by atoms with Gasteiger partial charge in [-0.15, -0.1) is 17.9 Å². The van der Waals surface area contributed by atoms with Crippen molar-refractivity contribution in [2.45, 2.75) is 57.0 Å². The summed E-state index contributed by atoms with van der Waals surface area (Å²) in [6, 6.07) is 0. The Bertz CT molecular complexity index is 898. The van der Waals surface area contributed by atoms with Crippen LogP contribution < -0.4 is 10.9 Å². The van der Waals surface area contributed by atoms with Crippen LogP contribution in [0.15, 0.2) is 22.6 Å². The summed E-state index contributed by atoms with van der Waals surface area (Å²) in [6.45, 7) is 10.7. The van der Waals surface area contributed by atoms with Gasteiger partial charge < -0.3 is 5.32 Å². The highest BCUT2D eigenvalue weighted by atomic mass is 32.2. The monoisotopic (exact) mass is 391 g/mol. The Kier molecular flexibility index (Phi) is 5.87. The lowest BCUT2D eigenvalue weighted by atomic mass is 10.2. The van der Waals surface area contributed by atoms with Crippen molar-refractivity contribution in [3.05, 3.63) is 33.4 Å². The molecule has 5 nitrogen and oxygen atoms in total. The van der Waals surface area contributed by atoms with Gasteiger partial charge in [0.25, 0.3) is 5.56 Å². The summed E-state index contributed by atoms with van der Waals surface area (Å²) >= 11 is 2.99. The van der Waals surface area contributed by atoms with Crippen LogP contribution in [0.1, 0.15) is 37.6 Å². The van der Waals surface area contributed by atoms with Crippen molar-refractivity contribution in [1.29, 1.82) is 0 Å². The number of carbonyl (C=O) groups is 1. The maximum Gasteiger partial charge on any atom is 0.263 e. The smallest absolute Gasteiger partial charge is 0.263 e. The molecule has 26 heavy (non-hydrogen) atoms. The lowest BCUT2D eigenvalue weighted by Gasteiger charge is -2.17. The van der Waals surface area contributed by atoms with Crippen LogP contribution in [0.2, 0.25) is 0 Å². The number of nitrogens with zero attached hydrogens (tertiary/aromatic N) is 2. The molecule has 1 aliphatic carbocycles. The van der Waals surface area contributed by atoms with Crippen molar-refractivity contribution in [2.24, 2.45) is 5.92 Å². The van der Waals surface area contributed by atoms with E-state index in [9.17, 15) is 9.59 Å². The van der Waals surface area contributed by atoms with E-state index < -0.39 is 0 Å². The molecule has 0 saturated heterocycles. The van der Waals surface area contributed by atoms with Crippen LogP contribution in [0.25, 0.3) is 10.2 Å². The van der Waals surface area contributed by atoms with Gasteiger partial charge in [0.1, 0.15) is 4.83 Å². The van der Waals surface area contributed by atoms with E-state index in [0.717, 1.165) is 29.5 Å². The molecule has 0 aliphatic heterocycles. The Morgan fingerprint density at radius 1 is 1.42 bits per heavy atom. The van der Waals surface area contributed by atoms with Gasteiger partial charge in [0.05, 0.1) is 10.6 Å².